The molecule has 0 fully saturated rings. The zero-order chi connectivity index (χ0) is 22.9. The zero-order valence-corrected chi connectivity index (χ0v) is 18.2. The van der Waals surface area contributed by atoms with E-state index in [1.165, 1.54) is 7.11 Å². The molecule has 1 heterocycles. The third kappa shape index (κ3) is 6.32. The van der Waals surface area contributed by atoms with Crippen molar-refractivity contribution in [3.63, 3.8) is 0 Å². The number of aliphatic hydroxyl groups excluding tert-OH is 1. The Bertz CT molecular complexity index is 934. The monoisotopic (exact) mass is 439 g/mol. The van der Waals surface area contributed by atoms with E-state index < -0.39 is 24.3 Å². The minimum Gasteiger partial charge on any atom is -0.495 e. The van der Waals surface area contributed by atoms with Gasteiger partial charge in [0.15, 0.2) is 0 Å². The number of anilines is 1. The fourth-order valence-electron chi connectivity index (χ4n) is 3.50. The van der Waals surface area contributed by atoms with E-state index >= 15 is 0 Å². The van der Waals surface area contributed by atoms with Crippen LogP contribution in [-0.2, 0) is 9.53 Å². The molecule has 1 aliphatic heterocycles. The second-order valence-corrected chi connectivity index (χ2v) is 7.51. The molecule has 0 unspecified atom stereocenters. The highest BCUT2D eigenvalue weighted by molar-refractivity contribution is 5.91. The number of nitrogens with one attached hydrogen (secondary N) is 3. The van der Waals surface area contributed by atoms with E-state index in [2.05, 4.69) is 16.0 Å². The predicted octanol–water partition coefficient (Wildman–Crippen LogP) is 2.77. The Morgan fingerprint density at radius 3 is 2.53 bits per heavy atom. The van der Waals surface area contributed by atoms with E-state index in [9.17, 15) is 14.7 Å². The van der Waals surface area contributed by atoms with Gasteiger partial charge >= 0.3 is 6.03 Å². The molecule has 0 aromatic heterocycles. The van der Waals surface area contributed by atoms with Crippen molar-refractivity contribution in [2.24, 2.45) is 0 Å². The normalized spacial score (nSPS) is 20.8. The summed E-state index contributed by atoms with van der Waals surface area (Å²) in [7, 11) is 1.52. The summed E-state index contributed by atoms with van der Waals surface area (Å²) in [6.07, 6.45) is 2.42. The summed E-state index contributed by atoms with van der Waals surface area (Å²) in [4.78, 5) is 24.8. The van der Waals surface area contributed by atoms with Crippen molar-refractivity contribution in [2.45, 2.75) is 37.6 Å². The van der Waals surface area contributed by atoms with Crippen molar-refractivity contribution in [2.75, 3.05) is 19.0 Å². The average Bonchev–Trinajstić information content (AvgIpc) is 2.80. The predicted molar refractivity (Wildman–Crippen MR) is 121 cm³/mol. The number of amides is 3. The third-order valence-electron chi connectivity index (χ3n) is 5.18. The van der Waals surface area contributed by atoms with Gasteiger partial charge in [-0.15, -0.1) is 0 Å². The Morgan fingerprint density at radius 1 is 1.09 bits per heavy atom. The standard InChI is InChI=1S/C24H29N3O5/c1-16(17-8-4-3-5-9-17)25-23(29)14-18-12-13-20(22(15-28)32-18)27-24(30)26-19-10-6-7-11-21(19)31-2/h3-13,16,18,20,22,28H,14-15H2,1-2H3,(H,25,29)(H2,26,27,30)/t16-,18-,20+,22+/m1/s1. The molecule has 0 spiro atoms. The van der Waals surface area contributed by atoms with Gasteiger partial charge in [-0.2, -0.15) is 0 Å². The van der Waals surface area contributed by atoms with Crippen LogP contribution >= 0.6 is 0 Å². The first-order valence-electron chi connectivity index (χ1n) is 10.5. The quantitative estimate of drug-likeness (QED) is 0.473. The molecule has 1 aliphatic rings. The molecule has 8 heteroatoms. The Balaban J connectivity index is 1.53. The van der Waals surface area contributed by atoms with Gasteiger partial charge in [0.25, 0.3) is 0 Å². The summed E-state index contributed by atoms with van der Waals surface area (Å²) < 4.78 is 11.1. The van der Waals surface area contributed by atoms with Crippen LogP contribution in [0.5, 0.6) is 5.75 Å². The molecule has 8 nitrogen and oxygen atoms in total. The summed E-state index contributed by atoms with van der Waals surface area (Å²) >= 11 is 0. The lowest BCUT2D eigenvalue weighted by atomic mass is 10.0. The smallest absolute Gasteiger partial charge is 0.319 e. The van der Waals surface area contributed by atoms with Crippen LogP contribution in [-0.4, -0.2) is 49.0 Å². The highest BCUT2D eigenvalue weighted by Gasteiger charge is 2.29. The first-order valence-corrected chi connectivity index (χ1v) is 10.5. The molecule has 4 N–H and O–H groups in total. The number of carbonyl (C=O) groups is 2. The summed E-state index contributed by atoms with van der Waals surface area (Å²) in [5, 5.41) is 18.2. The Labute approximate surface area is 187 Å². The van der Waals surface area contributed by atoms with E-state index in [0.717, 1.165) is 5.56 Å². The largest absolute Gasteiger partial charge is 0.495 e. The molecule has 0 radical (unpaired) electrons. The molecule has 2 aromatic rings. The maximum atomic E-state index is 12.4. The van der Waals surface area contributed by atoms with Crippen LogP contribution in [0, 0.1) is 0 Å². The van der Waals surface area contributed by atoms with Gasteiger partial charge in [-0.1, -0.05) is 54.6 Å². The van der Waals surface area contributed by atoms with Crippen molar-refractivity contribution in [3.8, 4) is 5.75 Å². The summed E-state index contributed by atoms with van der Waals surface area (Å²) in [6.45, 7) is 1.62. The topological polar surface area (TPSA) is 109 Å². The molecule has 170 valence electrons. The van der Waals surface area contributed by atoms with Gasteiger partial charge < -0.3 is 30.5 Å². The van der Waals surface area contributed by atoms with Gasteiger partial charge in [0, 0.05) is 0 Å². The fraction of sp³-hybridized carbons (Fsp3) is 0.333. The number of ether oxygens (including phenoxy) is 2. The van der Waals surface area contributed by atoms with E-state index in [4.69, 9.17) is 9.47 Å². The van der Waals surface area contributed by atoms with Gasteiger partial charge in [0.2, 0.25) is 5.91 Å². The SMILES string of the molecule is COc1ccccc1NC(=O)N[C@H]1C=C[C@H](CC(=O)N[C@H](C)c2ccccc2)O[C@H]1CO. The number of rotatable bonds is 8. The average molecular weight is 440 g/mol. The molecule has 0 saturated heterocycles. The summed E-state index contributed by atoms with van der Waals surface area (Å²) in [5.74, 6) is 0.376. The molecule has 32 heavy (non-hydrogen) atoms. The van der Waals surface area contributed by atoms with E-state index in [-0.39, 0.29) is 25.0 Å². The van der Waals surface area contributed by atoms with Gasteiger partial charge in [-0.25, -0.2) is 4.79 Å². The number of hydrogen-bond donors (Lipinski definition) is 4. The van der Waals surface area contributed by atoms with E-state index in [1.54, 1.807) is 36.4 Å². The lowest BCUT2D eigenvalue weighted by molar-refractivity contribution is -0.125. The second-order valence-electron chi connectivity index (χ2n) is 7.51. The minimum atomic E-state index is -0.673. The van der Waals surface area contributed by atoms with Crippen LogP contribution in [0.1, 0.15) is 24.9 Å². The van der Waals surface area contributed by atoms with Crippen LogP contribution in [0.2, 0.25) is 0 Å². The van der Waals surface area contributed by atoms with Crippen LogP contribution in [0.4, 0.5) is 10.5 Å². The van der Waals surface area contributed by atoms with Crippen molar-refractivity contribution >= 4 is 17.6 Å². The van der Waals surface area contributed by atoms with Crippen LogP contribution < -0.4 is 20.7 Å². The molecule has 0 saturated carbocycles. The summed E-state index contributed by atoms with van der Waals surface area (Å²) in [5.41, 5.74) is 1.54. The van der Waals surface area contributed by atoms with Crippen LogP contribution in [0.3, 0.4) is 0 Å². The second kappa shape index (κ2) is 11.3. The molecular formula is C24H29N3O5. The number of benzene rings is 2. The molecule has 3 amide bonds. The zero-order valence-electron chi connectivity index (χ0n) is 18.2. The molecule has 3 rings (SSSR count). The lowest BCUT2D eigenvalue weighted by Gasteiger charge is -2.32. The first kappa shape index (κ1) is 23.3. The maximum absolute atomic E-state index is 12.4. The lowest BCUT2D eigenvalue weighted by Crippen LogP contribution is -2.50. The Morgan fingerprint density at radius 2 is 1.81 bits per heavy atom. The Hall–Kier alpha value is -3.36. The fourth-order valence-corrected chi connectivity index (χ4v) is 3.50. The van der Waals surface area contributed by atoms with Crippen molar-refractivity contribution in [1.29, 1.82) is 0 Å². The maximum Gasteiger partial charge on any atom is 0.319 e. The van der Waals surface area contributed by atoms with Gasteiger partial charge in [0.1, 0.15) is 11.9 Å². The van der Waals surface area contributed by atoms with Crippen LogP contribution in [0.25, 0.3) is 0 Å². The van der Waals surface area contributed by atoms with Crippen molar-refractivity contribution in [3.05, 3.63) is 72.3 Å². The highest BCUT2D eigenvalue weighted by atomic mass is 16.5. The van der Waals surface area contributed by atoms with Crippen molar-refractivity contribution < 1.29 is 24.2 Å². The first-order chi connectivity index (χ1) is 15.5. The van der Waals surface area contributed by atoms with E-state index in [1.807, 2.05) is 37.3 Å². The van der Waals surface area contributed by atoms with Gasteiger partial charge in [-0.3, -0.25) is 4.79 Å². The molecule has 0 bridgehead atoms. The molecule has 4 atom stereocenters. The molecular weight excluding hydrogens is 410 g/mol. The number of aliphatic hydroxyl groups is 1. The third-order valence-corrected chi connectivity index (χ3v) is 5.18. The summed E-state index contributed by atoms with van der Waals surface area (Å²) in [6, 6.07) is 15.6. The number of para-hydroxylation sites is 2. The molecule has 0 aliphatic carbocycles. The number of urea groups is 1. The minimum absolute atomic E-state index is 0.115. The van der Waals surface area contributed by atoms with E-state index in [0.29, 0.717) is 11.4 Å². The number of methoxy groups -OCH3 is 1. The van der Waals surface area contributed by atoms with Crippen molar-refractivity contribution in [1.82, 2.24) is 10.6 Å². The Kier molecular flexibility index (Phi) is 8.24. The van der Waals surface area contributed by atoms with Gasteiger partial charge in [0.05, 0.1) is 44.0 Å². The highest BCUT2D eigenvalue weighted by Crippen LogP contribution is 2.23. The van der Waals surface area contributed by atoms with Crippen LogP contribution in [0.15, 0.2) is 66.7 Å². The number of carbonyl (C=O) groups excluding carboxylic acids is 2. The van der Waals surface area contributed by atoms with Gasteiger partial charge in [-0.05, 0) is 24.6 Å². The molecule has 2 aromatic carbocycles. The number of hydrogen-bond acceptors (Lipinski definition) is 5.